The van der Waals surface area contributed by atoms with Crippen molar-refractivity contribution in [1.29, 1.82) is 5.26 Å². The molecule has 0 unspecified atom stereocenters. The molecule has 2 aliphatic carbocycles. The largest absolute Gasteiger partial charge is 0.325 e. The van der Waals surface area contributed by atoms with Gasteiger partial charge in [-0.2, -0.15) is 5.26 Å². The number of nitrogens with zero attached hydrogens (tertiary/aromatic N) is 3. The predicted molar refractivity (Wildman–Crippen MR) is 81.6 cm³/mol. The van der Waals surface area contributed by atoms with Crippen LogP contribution in [0.25, 0.3) is 11.3 Å². The predicted octanol–water partition coefficient (Wildman–Crippen LogP) is 1.30. The number of fused-ring (bicyclic) bond motifs is 2. The summed E-state index contributed by atoms with van der Waals surface area (Å²) in [6.07, 6.45) is 6.09. The second-order valence-corrected chi connectivity index (χ2v) is 6.41. The fourth-order valence-corrected chi connectivity index (χ4v) is 4.13. The van der Waals surface area contributed by atoms with Crippen molar-refractivity contribution in [2.45, 2.75) is 31.6 Å². The Morgan fingerprint density at radius 1 is 1.22 bits per heavy atom. The first-order valence-corrected chi connectivity index (χ1v) is 7.76. The number of hydrogen-bond donors (Lipinski definition) is 2. The molecule has 0 amide bonds. The van der Waals surface area contributed by atoms with Crippen molar-refractivity contribution < 1.29 is 0 Å². The topological polar surface area (TPSA) is 115 Å². The Hall–Kier alpha value is -2.75. The zero-order valence-electron chi connectivity index (χ0n) is 12.4. The van der Waals surface area contributed by atoms with Crippen LogP contribution in [-0.2, 0) is 0 Å². The van der Waals surface area contributed by atoms with Crippen LogP contribution in [-0.4, -0.2) is 20.2 Å². The minimum Gasteiger partial charge on any atom is -0.313 e. The molecule has 116 valence electrons. The average Bonchev–Trinajstić information content (AvgIpc) is 3.17. The lowest BCUT2D eigenvalue weighted by molar-refractivity contribution is 0.418. The second-order valence-electron chi connectivity index (χ2n) is 6.41. The highest BCUT2D eigenvalue weighted by molar-refractivity contribution is 5.58. The van der Waals surface area contributed by atoms with E-state index in [1.807, 2.05) is 0 Å². The molecule has 2 N–H and O–H groups in total. The first-order valence-electron chi connectivity index (χ1n) is 7.76. The van der Waals surface area contributed by atoms with Gasteiger partial charge in [-0.15, -0.1) is 10.2 Å². The summed E-state index contributed by atoms with van der Waals surface area (Å²) >= 11 is 0. The van der Waals surface area contributed by atoms with Gasteiger partial charge >= 0.3 is 5.69 Å². The molecule has 2 fully saturated rings. The fourth-order valence-electron chi connectivity index (χ4n) is 4.13. The average molecular weight is 309 g/mol. The van der Waals surface area contributed by atoms with E-state index in [0.29, 0.717) is 23.2 Å². The van der Waals surface area contributed by atoms with Crippen LogP contribution < -0.4 is 11.2 Å². The third-order valence-electron chi connectivity index (χ3n) is 5.16. The third-order valence-corrected chi connectivity index (χ3v) is 5.16. The molecule has 2 aromatic rings. The lowest BCUT2D eigenvalue weighted by atomic mass is 9.82. The molecule has 4 rings (SSSR count). The van der Waals surface area contributed by atoms with Gasteiger partial charge in [0.1, 0.15) is 11.8 Å². The van der Waals surface area contributed by atoms with Gasteiger partial charge in [-0.1, -0.05) is 6.42 Å². The normalized spacial score (nSPS) is 25.4. The van der Waals surface area contributed by atoms with Crippen LogP contribution in [0, 0.1) is 23.2 Å². The van der Waals surface area contributed by atoms with Crippen molar-refractivity contribution in [3.05, 3.63) is 44.4 Å². The third kappa shape index (κ3) is 2.27. The molecule has 2 aromatic heterocycles. The SMILES string of the molecule is N#Cc1nnc(-c2c[nH]c(=O)[nH]c2=O)cc1[C@@H]1C[C@@H]2CC[C@H]1C2. The summed E-state index contributed by atoms with van der Waals surface area (Å²) in [6.45, 7) is 0. The maximum absolute atomic E-state index is 11.9. The molecule has 7 heteroatoms. The summed E-state index contributed by atoms with van der Waals surface area (Å²) in [5.74, 6) is 1.65. The molecule has 2 aliphatic rings. The number of nitrogens with one attached hydrogen (secondary N) is 2. The molecule has 2 bridgehead atoms. The summed E-state index contributed by atoms with van der Waals surface area (Å²) in [7, 11) is 0. The van der Waals surface area contributed by atoms with Crippen LogP contribution in [0.5, 0.6) is 0 Å². The van der Waals surface area contributed by atoms with E-state index in [4.69, 9.17) is 0 Å². The van der Waals surface area contributed by atoms with E-state index in [1.165, 1.54) is 25.5 Å². The molecule has 3 atom stereocenters. The summed E-state index contributed by atoms with van der Waals surface area (Å²) < 4.78 is 0. The molecule has 7 nitrogen and oxygen atoms in total. The van der Waals surface area contributed by atoms with Gasteiger partial charge < -0.3 is 4.98 Å². The van der Waals surface area contributed by atoms with Gasteiger partial charge in [-0.3, -0.25) is 9.78 Å². The summed E-state index contributed by atoms with van der Waals surface area (Å²) in [6, 6.07) is 3.91. The van der Waals surface area contributed by atoms with E-state index < -0.39 is 11.2 Å². The molecule has 0 spiro atoms. The highest BCUT2D eigenvalue weighted by Crippen LogP contribution is 2.53. The highest BCUT2D eigenvalue weighted by atomic mass is 16.2. The molecule has 0 aromatic carbocycles. The van der Waals surface area contributed by atoms with Gasteiger partial charge in [-0.05, 0) is 48.6 Å². The van der Waals surface area contributed by atoms with E-state index in [0.717, 1.165) is 17.9 Å². The Morgan fingerprint density at radius 3 is 2.74 bits per heavy atom. The molecule has 0 aliphatic heterocycles. The number of H-pyrrole nitrogens is 2. The Bertz CT molecular complexity index is 923. The van der Waals surface area contributed by atoms with Crippen LogP contribution in [0.15, 0.2) is 21.9 Å². The van der Waals surface area contributed by atoms with Crippen LogP contribution in [0.3, 0.4) is 0 Å². The van der Waals surface area contributed by atoms with Crippen molar-refractivity contribution in [1.82, 2.24) is 20.2 Å². The Kier molecular flexibility index (Phi) is 3.11. The van der Waals surface area contributed by atoms with E-state index in [-0.39, 0.29) is 5.56 Å². The van der Waals surface area contributed by atoms with Crippen molar-refractivity contribution >= 4 is 0 Å². The minimum absolute atomic E-state index is 0.256. The van der Waals surface area contributed by atoms with Crippen molar-refractivity contribution in [3.63, 3.8) is 0 Å². The maximum Gasteiger partial charge on any atom is 0.325 e. The first kappa shape index (κ1) is 13.9. The van der Waals surface area contributed by atoms with Gasteiger partial charge in [0, 0.05) is 6.20 Å². The minimum atomic E-state index is -0.561. The summed E-state index contributed by atoms with van der Waals surface area (Å²) in [5.41, 5.74) is 0.799. The second kappa shape index (κ2) is 5.16. The van der Waals surface area contributed by atoms with Gasteiger partial charge in [0.05, 0.1) is 5.56 Å². The van der Waals surface area contributed by atoms with Crippen LogP contribution in [0.1, 0.15) is 42.9 Å². The standard InChI is InChI=1S/C16H15N5O2/c17-6-14-11(10-4-8-1-2-9(10)3-8)5-13(20-21-14)12-7-18-16(23)19-15(12)22/h5,7-10H,1-4H2,(H2,18,19,22,23)/t8-,9+,10-/m1/s1. The monoisotopic (exact) mass is 309 g/mol. The molecule has 23 heavy (non-hydrogen) atoms. The molecular formula is C16H15N5O2. The fraction of sp³-hybridized carbons (Fsp3) is 0.438. The maximum atomic E-state index is 11.9. The van der Waals surface area contributed by atoms with E-state index in [1.54, 1.807) is 6.07 Å². The lowest BCUT2D eigenvalue weighted by Crippen LogP contribution is -2.23. The lowest BCUT2D eigenvalue weighted by Gasteiger charge is -2.22. The van der Waals surface area contributed by atoms with Crippen LogP contribution in [0.2, 0.25) is 0 Å². The number of rotatable bonds is 2. The number of aromatic amines is 2. The molecular weight excluding hydrogens is 294 g/mol. The molecule has 2 heterocycles. The quantitative estimate of drug-likeness (QED) is 0.867. The van der Waals surface area contributed by atoms with Gasteiger partial charge in [0.2, 0.25) is 0 Å². The number of hydrogen-bond acceptors (Lipinski definition) is 5. The first-order chi connectivity index (χ1) is 11.2. The van der Waals surface area contributed by atoms with E-state index in [2.05, 4.69) is 26.2 Å². The van der Waals surface area contributed by atoms with E-state index >= 15 is 0 Å². The van der Waals surface area contributed by atoms with Gasteiger partial charge in [0.15, 0.2) is 5.69 Å². The summed E-state index contributed by atoms with van der Waals surface area (Å²) in [4.78, 5) is 27.7. The van der Waals surface area contributed by atoms with Crippen molar-refractivity contribution in [2.24, 2.45) is 11.8 Å². The molecule has 2 saturated carbocycles. The summed E-state index contributed by atoms with van der Waals surface area (Å²) in [5, 5.41) is 17.3. The molecule has 0 radical (unpaired) electrons. The van der Waals surface area contributed by atoms with Crippen LogP contribution in [0.4, 0.5) is 0 Å². The zero-order chi connectivity index (χ0) is 16.0. The highest BCUT2D eigenvalue weighted by Gasteiger charge is 2.41. The Morgan fingerprint density at radius 2 is 2.09 bits per heavy atom. The van der Waals surface area contributed by atoms with Crippen LogP contribution >= 0.6 is 0 Å². The van der Waals surface area contributed by atoms with Crippen molar-refractivity contribution in [2.75, 3.05) is 0 Å². The smallest absolute Gasteiger partial charge is 0.313 e. The van der Waals surface area contributed by atoms with Gasteiger partial charge in [0.25, 0.3) is 5.56 Å². The number of aromatic nitrogens is 4. The van der Waals surface area contributed by atoms with Gasteiger partial charge in [-0.25, -0.2) is 4.79 Å². The Balaban J connectivity index is 1.81. The zero-order valence-corrected chi connectivity index (χ0v) is 12.4. The van der Waals surface area contributed by atoms with Crippen molar-refractivity contribution in [3.8, 4) is 17.3 Å². The number of nitriles is 1. The molecule has 0 saturated heterocycles. The Labute approximate surface area is 131 Å². The van der Waals surface area contributed by atoms with E-state index in [9.17, 15) is 14.9 Å².